The van der Waals surface area contributed by atoms with Crippen LogP contribution >= 0.6 is 11.3 Å². The molecule has 1 fully saturated rings. The van der Waals surface area contributed by atoms with Gasteiger partial charge in [0.1, 0.15) is 10.7 Å². The number of amides is 1. The summed E-state index contributed by atoms with van der Waals surface area (Å²) in [5.74, 6) is 0.707. The predicted octanol–water partition coefficient (Wildman–Crippen LogP) is 2.86. The standard InChI is InChI=1S/C14H23N3OS/c1-3-10-5-4-6-11(7-10)16-13(18)12-8-19-14(17-12)9(2)15/h8-11H,3-7,15H2,1-2H3,(H,16,18). The second kappa shape index (κ2) is 6.48. The van der Waals surface area contributed by atoms with Crippen LogP contribution in [0.5, 0.6) is 0 Å². The van der Waals surface area contributed by atoms with E-state index >= 15 is 0 Å². The normalized spacial score (nSPS) is 25.0. The van der Waals surface area contributed by atoms with Gasteiger partial charge in [-0.2, -0.15) is 0 Å². The third-order valence-corrected chi connectivity index (χ3v) is 4.89. The molecule has 3 N–H and O–H groups in total. The summed E-state index contributed by atoms with van der Waals surface area (Å²) in [6.07, 6.45) is 5.91. The minimum atomic E-state index is -0.106. The van der Waals surface area contributed by atoms with Crippen LogP contribution in [0.1, 0.15) is 67.5 Å². The zero-order valence-corrected chi connectivity index (χ0v) is 12.5. The number of nitrogens with two attached hydrogens (primary N) is 1. The van der Waals surface area contributed by atoms with E-state index in [1.807, 2.05) is 6.92 Å². The molecule has 1 amide bonds. The van der Waals surface area contributed by atoms with Gasteiger partial charge in [-0.25, -0.2) is 4.98 Å². The number of carbonyl (C=O) groups is 1. The number of hydrogen-bond acceptors (Lipinski definition) is 4. The number of rotatable bonds is 4. The zero-order chi connectivity index (χ0) is 13.8. The molecule has 0 bridgehead atoms. The Kier molecular flexibility index (Phi) is 4.93. The van der Waals surface area contributed by atoms with Gasteiger partial charge in [-0.1, -0.05) is 26.2 Å². The highest BCUT2D eigenvalue weighted by Gasteiger charge is 2.23. The van der Waals surface area contributed by atoms with E-state index in [0.717, 1.165) is 23.8 Å². The van der Waals surface area contributed by atoms with Crippen LogP contribution in [0.2, 0.25) is 0 Å². The lowest BCUT2D eigenvalue weighted by atomic mass is 9.84. The van der Waals surface area contributed by atoms with E-state index in [2.05, 4.69) is 17.2 Å². The minimum Gasteiger partial charge on any atom is -0.348 e. The lowest BCUT2D eigenvalue weighted by molar-refractivity contribution is 0.0914. The molecule has 0 aromatic carbocycles. The lowest BCUT2D eigenvalue weighted by Gasteiger charge is -2.28. The van der Waals surface area contributed by atoms with Crippen LogP contribution in [0.25, 0.3) is 0 Å². The van der Waals surface area contributed by atoms with Crippen LogP contribution in [0.3, 0.4) is 0 Å². The van der Waals surface area contributed by atoms with E-state index in [-0.39, 0.29) is 11.9 Å². The zero-order valence-electron chi connectivity index (χ0n) is 11.7. The van der Waals surface area contributed by atoms with E-state index in [9.17, 15) is 4.79 Å². The topological polar surface area (TPSA) is 68.0 Å². The molecule has 0 aliphatic heterocycles. The van der Waals surface area contributed by atoms with E-state index in [0.29, 0.717) is 11.7 Å². The summed E-state index contributed by atoms with van der Waals surface area (Å²) in [4.78, 5) is 16.4. The van der Waals surface area contributed by atoms with Crippen LogP contribution in [0.15, 0.2) is 5.38 Å². The quantitative estimate of drug-likeness (QED) is 0.891. The first kappa shape index (κ1) is 14.5. The first-order chi connectivity index (χ1) is 9.10. The molecular formula is C14H23N3OS. The van der Waals surface area contributed by atoms with E-state index < -0.39 is 0 Å². The summed E-state index contributed by atoms with van der Waals surface area (Å²) in [5, 5.41) is 5.74. The summed E-state index contributed by atoms with van der Waals surface area (Å²) >= 11 is 1.46. The third-order valence-electron chi connectivity index (χ3n) is 3.84. The maximum absolute atomic E-state index is 12.1. The fraction of sp³-hybridized carbons (Fsp3) is 0.714. The number of hydrogen-bond donors (Lipinski definition) is 2. The average molecular weight is 281 g/mol. The smallest absolute Gasteiger partial charge is 0.270 e. The molecule has 0 spiro atoms. The molecule has 19 heavy (non-hydrogen) atoms. The third kappa shape index (κ3) is 3.76. The molecule has 1 aliphatic rings. The van der Waals surface area contributed by atoms with Crippen LogP contribution < -0.4 is 11.1 Å². The van der Waals surface area contributed by atoms with Crippen LogP contribution in [0, 0.1) is 5.92 Å². The Balaban J connectivity index is 1.92. The number of carbonyl (C=O) groups excluding carboxylic acids is 1. The first-order valence-corrected chi connectivity index (χ1v) is 8.00. The summed E-state index contributed by atoms with van der Waals surface area (Å²) in [6, 6.07) is 0.206. The number of thiazole rings is 1. The van der Waals surface area contributed by atoms with Crippen molar-refractivity contribution in [2.75, 3.05) is 0 Å². The fourth-order valence-corrected chi connectivity index (χ4v) is 3.41. The van der Waals surface area contributed by atoms with Crippen molar-refractivity contribution < 1.29 is 4.79 Å². The van der Waals surface area contributed by atoms with Crippen LogP contribution in [-0.2, 0) is 0 Å². The lowest BCUT2D eigenvalue weighted by Crippen LogP contribution is -2.38. The molecule has 1 aliphatic carbocycles. The molecule has 2 rings (SSSR count). The molecule has 1 aromatic heterocycles. The Morgan fingerprint density at radius 2 is 2.42 bits per heavy atom. The molecule has 106 valence electrons. The first-order valence-electron chi connectivity index (χ1n) is 7.12. The van der Waals surface area contributed by atoms with E-state index in [1.165, 1.54) is 30.6 Å². The second-order valence-electron chi connectivity index (χ2n) is 5.47. The van der Waals surface area contributed by atoms with E-state index in [1.54, 1.807) is 5.38 Å². The summed E-state index contributed by atoms with van der Waals surface area (Å²) in [6.45, 7) is 4.11. The van der Waals surface area contributed by atoms with Gasteiger partial charge < -0.3 is 11.1 Å². The van der Waals surface area contributed by atoms with Crippen molar-refractivity contribution in [1.29, 1.82) is 0 Å². The number of nitrogens with one attached hydrogen (secondary N) is 1. The van der Waals surface area contributed by atoms with Crippen molar-refractivity contribution in [3.63, 3.8) is 0 Å². The predicted molar refractivity (Wildman–Crippen MR) is 78.2 cm³/mol. The average Bonchev–Trinajstić information content (AvgIpc) is 2.89. The van der Waals surface area contributed by atoms with Crippen molar-refractivity contribution in [3.8, 4) is 0 Å². The van der Waals surface area contributed by atoms with Crippen molar-refractivity contribution in [1.82, 2.24) is 10.3 Å². The van der Waals surface area contributed by atoms with Crippen molar-refractivity contribution in [3.05, 3.63) is 16.1 Å². The molecule has 4 nitrogen and oxygen atoms in total. The molecule has 5 heteroatoms. The number of aromatic nitrogens is 1. The Hall–Kier alpha value is -0.940. The molecule has 0 radical (unpaired) electrons. The minimum absolute atomic E-state index is 0.0510. The van der Waals surface area contributed by atoms with Crippen molar-refractivity contribution >= 4 is 17.2 Å². The Morgan fingerprint density at radius 3 is 3.05 bits per heavy atom. The Morgan fingerprint density at radius 1 is 1.63 bits per heavy atom. The van der Waals surface area contributed by atoms with Gasteiger partial charge in [-0.05, 0) is 25.7 Å². The van der Waals surface area contributed by atoms with Gasteiger partial charge in [0.05, 0.1) is 6.04 Å². The molecule has 3 unspecified atom stereocenters. The van der Waals surface area contributed by atoms with Gasteiger partial charge in [0.25, 0.3) is 5.91 Å². The molecule has 1 saturated carbocycles. The molecule has 3 atom stereocenters. The molecule has 1 heterocycles. The largest absolute Gasteiger partial charge is 0.348 e. The summed E-state index contributed by atoms with van der Waals surface area (Å²) < 4.78 is 0. The van der Waals surface area contributed by atoms with Crippen LogP contribution in [-0.4, -0.2) is 16.9 Å². The fourth-order valence-electron chi connectivity index (χ4n) is 2.65. The highest BCUT2D eigenvalue weighted by Crippen LogP contribution is 2.26. The van der Waals surface area contributed by atoms with Gasteiger partial charge in [0.2, 0.25) is 0 Å². The van der Waals surface area contributed by atoms with Crippen LogP contribution in [0.4, 0.5) is 0 Å². The van der Waals surface area contributed by atoms with Crippen molar-refractivity contribution in [2.24, 2.45) is 11.7 Å². The van der Waals surface area contributed by atoms with Gasteiger partial charge in [0.15, 0.2) is 0 Å². The highest BCUT2D eigenvalue weighted by molar-refractivity contribution is 7.09. The Bertz CT molecular complexity index is 430. The highest BCUT2D eigenvalue weighted by atomic mass is 32.1. The monoisotopic (exact) mass is 281 g/mol. The van der Waals surface area contributed by atoms with Gasteiger partial charge in [-0.3, -0.25) is 4.79 Å². The molecule has 1 aromatic rings. The molecular weight excluding hydrogens is 258 g/mol. The van der Waals surface area contributed by atoms with Gasteiger partial charge in [0, 0.05) is 11.4 Å². The number of nitrogens with zero attached hydrogens (tertiary/aromatic N) is 1. The van der Waals surface area contributed by atoms with Crippen molar-refractivity contribution in [2.45, 2.75) is 58.0 Å². The second-order valence-corrected chi connectivity index (χ2v) is 6.36. The SMILES string of the molecule is CCC1CCCC(NC(=O)c2csc(C(C)N)n2)C1. The van der Waals surface area contributed by atoms with E-state index in [4.69, 9.17) is 5.73 Å². The van der Waals surface area contributed by atoms with Gasteiger partial charge >= 0.3 is 0 Å². The maximum Gasteiger partial charge on any atom is 0.270 e. The summed E-state index contributed by atoms with van der Waals surface area (Å²) in [5.41, 5.74) is 6.27. The summed E-state index contributed by atoms with van der Waals surface area (Å²) in [7, 11) is 0. The maximum atomic E-state index is 12.1. The van der Waals surface area contributed by atoms with Gasteiger partial charge in [-0.15, -0.1) is 11.3 Å². The molecule has 0 saturated heterocycles. The Labute approximate surface area is 118 Å².